The number of halogens is 1. The van der Waals surface area contributed by atoms with Crippen molar-refractivity contribution in [3.8, 4) is 0 Å². The van der Waals surface area contributed by atoms with Gasteiger partial charge in [0, 0.05) is 41.7 Å². The van der Waals surface area contributed by atoms with Crippen molar-refractivity contribution in [2.75, 3.05) is 28.6 Å². The van der Waals surface area contributed by atoms with Crippen LogP contribution in [0, 0.1) is 15.9 Å². The summed E-state index contributed by atoms with van der Waals surface area (Å²) in [4.78, 5) is 38.3. The molecule has 3 aromatic carbocycles. The highest BCUT2D eigenvalue weighted by Gasteiger charge is 2.24. The third kappa shape index (κ3) is 5.15. The summed E-state index contributed by atoms with van der Waals surface area (Å²) < 4.78 is 13.3. The predicted molar refractivity (Wildman–Crippen MR) is 123 cm³/mol. The van der Waals surface area contributed by atoms with Crippen molar-refractivity contribution in [1.82, 2.24) is 0 Å². The molecule has 1 saturated heterocycles. The normalized spacial score (nSPS) is 12.9. The van der Waals surface area contributed by atoms with Gasteiger partial charge in [-0.05, 0) is 61.4 Å². The van der Waals surface area contributed by atoms with Crippen LogP contribution in [0.2, 0.25) is 0 Å². The second-order valence-electron chi connectivity index (χ2n) is 7.65. The van der Waals surface area contributed by atoms with Crippen LogP contribution in [-0.2, 0) is 0 Å². The first kappa shape index (κ1) is 21.9. The number of carbonyl (C=O) groups is 2. The standard InChI is InChI=1S/C24H21FN4O4/c25-18-6-4-8-20(15-18)27-23(30)16-5-3-7-19(13-16)26-24(31)17-9-10-21(22(14-17)29(32)33)28-11-1-2-12-28/h3-10,13-15H,1-2,11-12H2,(H,26,31)(H,27,30). The molecule has 0 radical (unpaired) electrons. The van der Waals surface area contributed by atoms with Gasteiger partial charge in [-0.2, -0.15) is 0 Å². The fourth-order valence-corrected chi connectivity index (χ4v) is 3.75. The largest absolute Gasteiger partial charge is 0.366 e. The predicted octanol–water partition coefficient (Wildman–Crippen LogP) is 4.84. The second kappa shape index (κ2) is 9.47. The number of anilines is 3. The molecule has 3 aromatic rings. The zero-order valence-corrected chi connectivity index (χ0v) is 17.6. The summed E-state index contributed by atoms with van der Waals surface area (Å²) in [5.41, 5.74) is 1.43. The third-order valence-corrected chi connectivity index (χ3v) is 5.35. The molecular formula is C24H21FN4O4. The number of rotatable bonds is 6. The van der Waals surface area contributed by atoms with Gasteiger partial charge < -0.3 is 15.5 Å². The Hall–Kier alpha value is -4.27. The van der Waals surface area contributed by atoms with E-state index in [-0.39, 0.29) is 16.8 Å². The van der Waals surface area contributed by atoms with Crippen molar-refractivity contribution >= 4 is 34.6 Å². The van der Waals surface area contributed by atoms with Gasteiger partial charge in [0.15, 0.2) is 0 Å². The smallest absolute Gasteiger partial charge is 0.293 e. The Balaban J connectivity index is 1.50. The number of nitrogens with one attached hydrogen (secondary N) is 2. The Kier molecular flexibility index (Phi) is 6.30. The average molecular weight is 448 g/mol. The summed E-state index contributed by atoms with van der Waals surface area (Å²) in [6.45, 7) is 1.49. The first-order valence-corrected chi connectivity index (χ1v) is 10.4. The Labute approximate surface area is 189 Å². The van der Waals surface area contributed by atoms with Crippen LogP contribution in [0.4, 0.5) is 27.1 Å². The van der Waals surface area contributed by atoms with Crippen LogP contribution in [0.15, 0.2) is 66.7 Å². The maximum Gasteiger partial charge on any atom is 0.293 e. The Bertz CT molecular complexity index is 1220. The van der Waals surface area contributed by atoms with E-state index >= 15 is 0 Å². The molecule has 0 spiro atoms. The lowest BCUT2D eigenvalue weighted by molar-refractivity contribution is -0.384. The highest BCUT2D eigenvalue weighted by molar-refractivity contribution is 6.07. The Morgan fingerprint density at radius 2 is 1.45 bits per heavy atom. The maximum atomic E-state index is 13.3. The lowest BCUT2D eigenvalue weighted by atomic mass is 10.1. The molecule has 1 aliphatic heterocycles. The minimum Gasteiger partial charge on any atom is -0.366 e. The lowest BCUT2D eigenvalue weighted by Crippen LogP contribution is -2.20. The van der Waals surface area contributed by atoms with Crippen molar-refractivity contribution in [2.24, 2.45) is 0 Å². The summed E-state index contributed by atoms with van der Waals surface area (Å²) in [6, 6.07) is 16.1. The number of nitrogens with zero attached hydrogens (tertiary/aromatic N) is 2. The summed E-state index contributed by atoms with van der Waals surface area (Å²) in [5.74, 6) is -1.48. The minimum atomic E-state index is -0.534. The number of nitro benzene ring substituents is 1. The fourth-order valence-electron chi connectivity index (χ4n) is 3.75. The molecule has 168 valence electrons. The van der Waals surface area contributed by atoms with Gasteiger partial charge in [-0.15, -0.1) is 0 Å². The van der Waals surface area contributed by atoms with Gasteiger partial charge in [0.2, 0.25) is 0 Å². The molecule has 0 atom stereocenters. The van der Waals surface area contributed by atoms with Gasteiger partial charge in [-0.3, -0.25) is 19.7 Å². The zero-order chi connectivity index (χ0) is 23.4. The van der Waals surface area contributed by atoms with E-state index in [2.05, 4.69) is 10.6 Å². The van der Waals surface area contributed by atoms with E-state index in [0.717, 1.165) is 25.9 Å². The number of hydrogen-bond acceptors (Lipinski definition) is 5. The first-order chi connectivity index (χ1) is 15.9. The van der Waals surface area contributed by atoms with Gasteiger partial charge in [0.05, 0.1) is 4.92 Å². The van der Waals surface area contributed by atoms with Crippen LogP contribution in [0.1, 0.15) is 33.6 Å². The number of benzene rings is 3. The van der Waals surface area contributed by atoms with Crippen molar-refractivity contribution in [3.05, 3.63) is 93.8 Å². The maximum absolute atomic E-state index is 13.3. The average Bonchev–Trinajstić information content (AvgIpc) is 3.33. The SMILES string of the molecule is O=C(Nc1cccc(F)c1)c1cccc(NC(=O)c2ccc(N3CCCC3)c([N+](=O)[O-])c2)c1. The first-order valence-electron chi connectivity index (χ1n) is 10.4. The van der Waals surface area contributed by atoms with E-state index in [1.807, 2.05) is 4.90 Å². The highest BCUT2D eigenvalue weighted by Crippen LogP contribution is 2.32. The van der Waals surface area contributed by atoms with Crippen LogP contribution < -0.4 is 15.5 Å². The summed E-state index contributed by atoms with van der Waals surface area (Å²) >= 11 is 0. The summed E-state index contributed by atoms with van der Waals surface area (Å²) in [7, 11) is 0. The molecule has 9 heteroatoms. The topological polar surface area (TPSA) is 105 Å². The Morgan fingerprint density at radius 3 is 2.09 bits per heavy atom. The monoisotopic (exact) mass is 448 g/mol. The van der Waals surface area contributed by atoms with Gasteiger partial charge >= 0.3 is 0 Å². The molecule has 0 aliphatic carbocycles. The summed E-state index contributed by atoms with van der Waals surface area (Å²) in [5, 5.41) is 16.8. The molecule has 1 fully saturated rings. The third-order valence-electron chi connectivity index (χ3n) is 5.35. The number of nitro groups is 1. The molecule has 33 heavy (non-hydrogen) atoms. The zero-order valence-electron chi connectivity index (χ0n) is 17.6. The Morgan fingerprint density at radius 1 is 0.848 bits per heavy atom. The lowest BCUT2D eigenvalue weighted by Gasteiger charge is -2.17. The highest BCUT2D eigenvalue weighted by atomic mass is 19.1. The van der Waals surface area contributed by atoms with Crippen LogP contribution in [0.3, 0.4) is 0 Å². The quantitative estimate of drug-likeness (QED) is 0.415. The van der Waals surface area contributed by atoms with Gasteiger partial charge in [-0.25, -0.2) is 4.39 Å². The van der Waals surface area contributed by atoms with E-state index in [4.69, 9.17) is 0 Å². The molecule has 2 amide bonds. The minimum absolute atomic E-state index is 0.118. The molecule has 0 bridgehead atoms. The van der Waals surface area contributed by atoms with Crippen LogP contribution >= 0.6 is 0 Å². The van der Waals surface area contributed by atoms with E-state index in [0.29, 0.717) is 17.1 Å². The molecule has 1 heterocycles. The van der Waals surface area contributed by atoms with Crippen LogP contribution in [-0.4, -0.2) is 29.8 Å². The molecular weight excluding hydrogens is 427 g/mol. The number of amides is 2. The fraction of sp³-hybridized carbons (Fsp3) is 0.167. The molecule has 4 rings (SSSR count). The van der Waals surface area contributed by atoms with Crippen LogP contribution in [0.25, 0.3) is 0 Å². The van der Waals surface area contributed by atoms with E-state index in [9.17, 15) is 24.1 Å². The summed E-state index contributed by atoms with van der Waals surface area (Å²) in [6.07, 6.45) is 1.95. The van der Waals surface area contributed by atoms with Crippen LogP contribution in [0.5, 0.6) is 0 Å². The molecule has 2 N–H and O–H groups in total. The van der Waals surface area contributed by atoms with Gasteiger partial charge in [0.25, 0.3) is 17.5 Å². The van der Waals surface area contributed by atoms with Crippen molar-refractivity contribution in [2.45, 2.75) is 12.8 Å². The van der Waals surface area contributed by atoms with Crippen molar-refractivity contribution in [3.63, 3.8) is 0 Å². The van der Waals surface area contributed by atoms with Gasteiger partial charge in [-0.1, -0.05) is 12.1 Å². The van der Waals surface area contributed by atoms with Crippen molar-refractivity contribution < 1.29 is 18.9 Å². The molecule has 0 unspecified atom stereocenters. The number of hydrogen-bond donors (Lipinski definition) is 2. The van der Waals surface area contributed by atoms with E-state index in [1.54, 1.807) is 36.4 Å². The second-order valence-corrected chi connectivity index (χ2v) is 7.65. The molecule has 8 nitrogen and oxygen atoms in total. The number of carbonyl (C=O) groups excluding carboxylic acids is 2. The van der Waals surface area contributed by atoms with Gasteiger partial charge in [0.1, 0.15) is 11.5 Å². The van der Waals surface area contributed by atoms with Crippen molar-refractivity contribution in [1.29, 1.82) is 0 Å². The molecule has 0 saturated carbocycles. The van der Waals surface area contributed by atoms with E-state index in [1.165, 1.54) is 30.3 Å². The molecule has 1 aliphatic rings. The molecule has 0 aromatic heterocycles. The van der Waals surface area contributed by atoms with E-state index < -0.39 is 22.6 Å².